The Bertz CT molecular complexity index is 1230. The lowest BCUT2D eigenvalue weighted by atomic mass is 10.0. The molecule has 9 heteroatoms. The van der Waals surface area contributed by atoms with E-state index in [0.29, 0.717) is 44.0 Å². The van der Waals surface area contributed by atoms with Gasteiger partial charge < -0.3 is 10.0 Å². The van der Waals surface area contributed by atoms with Crippen LogP contribution in [0, 0.1) is 0 Å². The summed E-state index contributed by atoms with van der Waals surface area (Å²) in [7, 11) is 0. The molecule has 3 aromatic heterocycles. The van der Waals surface area contributed by atoms with E-state index in [1.54, 1.807) is 46.5 Å². The quantitative estimate of drug-likeness (QED) is 0.462. The van der Waals surface area contributed by atoms with E-state index in [-0.39, 0.29) is 12.5 Å². The van der Waals surface area contributed by atoms with Gasteiger partial charge in [0.15, 0.2) is 0 Å². The number of β-amino-alcohol motifs (C(OH)–C–C–N with tert-alkyl or cyclic N) is 1. The largest absolute Gasteiger partial charge is 0.385 e. The summed E-state index contributed by atoms with van der Waals surface area (Å²) in [5, 5.41) is 16.0. The number of hydrogen-bond acceptors (Lipinski definition) is 7. The molecule has 0 bridgehead atoms. The summed E-state index contributed by atoms with van der Waals surface area (Å²) in [4.78, 5) is 29.9. The average Bonchev–Trinajstić information content (AvgIpc) is 3.33. The molecule has 9 nitrogen and oxygen atoms in total. The van der Waals surface area contributed by atoms with Gasteiger partial charge in [0.25, 0.3) is 5.91 Å². The zero-order valence-electron chi connectivity index (χ0n) is 19.3. The predicted molar refractivity (Wildman–Crippen MR) is 130 cm³/mol. The first kappa shape index (κ1) is 22.8. The normalized spacial score (nSPS) is 18.8. The minimum Gasteiger partial charge on any atom is -0.385 e. The molecule has 1 unspecified atom stereocenters. The number of benzene rings is 1. The first-order chi connectivity index (χ1) is 17.1. The lowest BCUT2D eigenvalue weighted by Crippen LogP contribution is -2.51. The first-order valence-corrected chi connectivity index (χ1v) is 11.5. The highest BCUT2D eigenvalue weighted by atomic mass is 16.3. The zero-order valence-corrected chi connectivity index (χ0v) is 19.3. The number of rotatable bonds is 6. The van der Waals surface area contributed by atoms with Crippen LogP contribution < -0.4 is 0 Å². The third kappa shape index (κ3) is 5.59. The molecule has 0 radical (unpaired) electrons. The van der Waals surface area contributed by atoms with Gasteiger partial charge in [0, 0.05) is 62.7 Å². The maximum Gasteiger partial charge on any atom is 0.255 e. The highest BCUT2D eigenvalue weighted by Crippen LogP contribution is 2.21. The molecule has 1 N–H and O–H groups in total. The van der Waals surface area contributed by atoms with Crippen LogP contribution in [-0.2, 0) is 13.1 Å². The van der Waals surface area contributed by atoms with E-state index in [1.807, 2.05) is 30.5 Å². The van der Waals surface area contributed by atoms with Gasteiger partial charge in [-0.1, -0.05) is 30.3 Å². The number of nitrogens with zero attached hydrogens (tertiary/aromatic N) is 7. The van der Waals surface area contributed by atoms with Crippen LogP contribution in [0.2, 0.25) is 0 Å². The molecule has 1 saturated heterocycles. The second kappa shape index (κ2) is 10.1. The lowest BCUT2D eigenvalue weighted by Gasteiger charge is -2.33. The van der Waals surface area contributed by atoms with Crippen molar-refractivity contribution in [3.05, 3.63) is 97.0 Å². The Kier molecular flexibility index (Phi) is 6.60. The van der Waals surface area contributed by atoms with E-state index < -0.39 is 5.60 Å². The SMILES string of the molecule is O=C(c1ccc(-c2cncnc2)nc1)N1CCN(Cc2ccccc2)CC(O)(Cn2cccn2)C1. The minimum absolute atomic E-state index is 0.159. The van der Waals surface area contributed by atoms with Crippen molar-refractivity contribution in [2.45, 2.75) is 18.7 Å². The first-order valence-electron chi connectivity index (χ1n) is 11.5. The van der Waals surface area contributed by atoms with Gasteiger partial charge in [0.05, 0.1) is 24.3 Å². The van der Waals surface area contributed by atoms with Crippen molar-refractivity contribution in [3.8, 4) is 11.3 Å². The number of pyridine rings is 1. The summed E-state index contributed by atoms with van der Waals surface area (Å²) in [6.07, 6.45) is 9.92. The molecule has 0 aliphatic carbocycles. The van der Waals surface area contributed by atoms with Crippen molar-refractivity contribution in [2.24, 2.45) is 0 Å². The maximum atomic E-state index is 13.5. The van der Waals surface area contributed by atoms with Crippen LogP contribution in [0.1, 0.15) is 15.9 Å². The van der Waals surface area contributed by atoms with Gasteiger partial charge in [-0.25, -0.2) is 9.97 Å². The van der Waals surface area contributed by atoms with E-state index in [2.05, 4.69) is 37.1 Å². The summed E-state index contributed by atoms with van der Waals surface area (Å²) in [5.74, 6) is -0.159. The van der Waals surface area contributed by atoms with Crippen LogP contribution >= 0.6 is 0 Å². The van der Waals surface area contributed by atoms with Crippen LogP contribution in [0.25, 0.3) is 11.3 Å². The monoisotopic (exact) mass is 469 g/mol. The number of hydrogen-bond donors (Lipinski definition) is 1. The Hall–Kier alpha value is -3.95. The van der Waals surface area contributed by atoms with E-state index in [0.717, 1.165) is 5.56 Å². The number of aliphatic hydroxyl groups is 1. The van der Waals surface area contributed by atoms with Gasteiger partial charge >= 0.3 is 0 Å². The summed E-state index contributed by atoms with van der Waals surface area (Å²) < 4.78 is 1.72. The molecule has 1 aromatic carbocycles. The number of aromatic nitrogens is 5. The summed E-state index contributed by atoms with van der Waals surface area (Å²) in [5.41, 5.74) is 1.96. The van der Waals surface area contributed by atoms with E-state index in [4.69, 9.17) is 0 Å². The fourth-order valence-corrected chi connectivity index (χ4v) is 4.49. The van der Waals surface area contributed by atoms with E-state index in [1.165, 1.54) is 11.9 Å². The molecule has 1 atom stereocenters. The Morgan fingerprint density at radius 2 is 1.80 bits per heavy atom. The standard InChI is InChI=1S/C26H27N7O2/c34-25(22-7-8-24(29-15-22)23-13-27-20-28-14-23)32-12-11-31(16-21-5-2-1-3-6-21)17-26(35,18-32)19-33-10-4-9-30-33/h1-10,13-15,20,35H,11-12,16-19H2. The minimum atomic E-state index is -1.16. The van der Waals surface area contributed by atoms with E-state index >= 15 is 0 Å². The zero-order chi connectivity index (χ0) is 24.1. The number of amides is 1. The number of carbonyl (C=O) groups is 1. The van der Waals surface area contributed by atoms with Crippen molar-refractivity contribution >= 4 is 5.91 Å². The van der Waals surface area contributed by atoms with Gasteiger partial charge in [0.2, 0.25) is 0 Å². The second-order valence-corrected chi connectivity index (χ2v) is 8.91. The van der Waals surface area contributed by atoms with Crippen molar-refractivity contribution in [2.75, 3.05) is 26.2 Å². The fraction of sp³-hybridized carbons (Fsp3) is 0.269. The Morgan fingerprint density at radius 1 is 0.971 bits per heavy atom. The molecule has 1 aliphatic heterocycles. The van der Waals surface area contributed by atoms with Gasteiger partial charge in [-0.2, -0.15) is 5.10 Å². The van der Waals surface area contributed by atoms with Crippen LogP contribution in [0.4, 0.5) is 0 Å². The van der Waals surface area contributed by atoms with Crippen LogP contribution in [0.15, 0.2) is 85.8 Å². The third-order valence-corrected chi connectivity index (χ3v) is 6.11. The Balaban J connectivity index is 1.36. The topological polar surface area (TPSA) is 100 Å². The lowest BCUT2D eigenvalue weighted by molar-refractivity contribution is -0.0184. The number of carbonyl (C=O) groups excluding carboxylic acids is 1. The van der Waals surface area contributed by atoms with Crippen molar-refractivity contribution in [3.63, 3.8) is 0 Å². The molecule has 5 rings (SSSR count). The predicted octanol–water partition coefficient (Wildman–Crippen LogP) is 2.12. The smallest absolute Gasteiger partial charge is 0.255 e. The highest BCUT2D eigenvalue weighted by molar-refractivity contribution is 5.94. The van der Waals surface area contributed by atoms with Crippen LogP contribution in [0.5, 0.6) is 0 Å². The van der Waals surface area contributed by atoms with Crippen molar-refractivity contribution in [1.29, 1.82) is 0 Å². The van der Waals surface area contributed by atoms with Crippen molar-refractivity contribution < 1.29 is 9.90 Å². The molecule has 0 spiro atoms. The summed E-state index contributed by atoms with van der Waals surface area (Å²) in [6.45, 7) is 2.76. The Labute approximate surface area is 203 Å². The average molecular weight is 470 g/mol. The fourth-order valence-electron chi connectivity index (χ4n) is 4.49. The van der Waals surface area contributed by atoms with Gasteiger partial charge in [-0.15, -0.1) is 0 Å². The van der Waals surface area contributed by atoms with Gasteiger partial charge in [0.1, 0.15) is 11.9 Å². The molecule has 1 aliphatic rings. The summed E-state index contributed by atoms with van der Waals surface area (Å²) in [6, 6.07) is 15.5. The van der Waals surface area contributed by atoms with Crippen LogP contribution in [-0.4, -0.2) is 77.3 Å². The van der Waals surface area contributed by atoms with Gasteiger partial charge in [-0.05, 0) is 23.8 Å². The van der Waals surface area contributed by atoms with Crippen LogP contribution in [0.3, 0.4) is 0 Å². The molecule has 178 valence electrons. The van der Waals surface area contributed by atoms with Gasteiger partial charge in [-0.3, -0.25) is 19.4 Å². The maximum absolute atomic E-state index is 13.5. The molecular weight excluding hydrogens is 442 g/mol. The second-order valence-electron chi connectivity index (χ2n) is 8.91. The molecule has 0 saturated carbocycles. The molecule has 4 aromatic rings. The summed E-state index contributed by atoms with van der Waals surface area (Å²) >= 11 is 0. The molecule has 4 heterocycles. The molecular formula is C26H27N7O2. The molecule has 1 fully saturated rings. The molecule has 35 heavy (non-hydrogen) atoms. The Morgan fingerprint density at radius 3 is 2.51 bits per heavy atom. The van der Waals surface area contributed by atoms with E-state index in [9.17, 15) is 9.90 Å². The third-order valence-electron chi connectivity index (χ3n) is 6.11. The molecule has 1 amide bonds. The highest BCUT2D eigenvalue weighted by Gasteiger charge is 2.37. The van der Waals surface area contributed by atoms with Crippen molar-refractivity contribution in [1.82, 2.24) is 34.5 Å².